The second-order valence-electron chi connectivity index (χ2n) is 3.84. The fraction of sp³-hybridized carbons (Fsp3) is 0.636. The predicted octanol–water partition coefficient (Wildman–Crippen LogP) is 0.721. The Labute approximate surface area is 89.3 Å². The molecule has 2 atom stereocenters. The topological polar surface area (TPSA) is 57.6 Å². The molecule has 4 heteroatoms. The summed E-state index contributed by atoms with van der Waals surface area (Å²) in [5, 5.41) is 8.99. The van der Waals surface area contributed by atoms with Crippen molar-refractivity contribution in [3.8, 4) is 12.3 Å². The van der Waals surface area contributed by atoms with Crippen LogP contribution in [0.15, 0.2) is 0 Å². The Morgan fingerprint density at radius 3 is 2.80 bits per heavy atom. The molecule has 1 amide bonds. The summed E-state index contributed by atoms with van der Waals surface area (Å²) in [4.78, 5) is 24.0. The second kappa shape index (κ2) is 4.83. The third-order valence-electron chi connectivity index (χ3n) is 2.76. The number of carboxylic acid groups (broad SMARTS) is 1. The van der Waals surface area contributed by atoms with Crippen molar-refractivity contribution in [3.05, 3.63) is 0 Å². The Morgan fingerprint density at radius 2 is 2.27 bits per heavy atom. The Morgan fingerprint density at radius 1 is 1.60 bits per heavy atom. The van der Waals surface area contributed by atoms with Gasteiger partial charge in [0.25, 0.3) is 0 Å². The van der Waals surface area contributed by atoms with Gasteiger partial charge in [-0.3, -0.25) is 4.79 Å². The molecule has 1 N–H and O–H groups in total. The first-order valence-corrected chi connectivity index (χ1v) is 5.03. The molecular weight excluding hydrogens is 194 g/mol. The van der Waals surface area contributed by atoms with E-state index in [0.29, 0.717) is 13.0 Å². The smallest absolute Gasteiger partial charge is 0.326 e. The van der Waals surface area contributed by atoms with Crippen LogP contribution in [-0.2, 0) is 9.59 Å². The first-order valence-electron chi connectivity index (χ1n) is 5.03. The fourth-order valence-corrected chi connectivity index (χ4v) is 1.93. The van der Waals surface area contributed by atoms with Gasteiger partial charge in [0.05, 0.1) is 0 Å². The molecule has 0 radical (unpaired) electrons. The van der Waals surface area contributed by atoms with Crippen molar-refractivity contribution in [3.63, 3.8) is 0 Å². The number of carbonyl (C=O) groups excluding carboxylic acids is 1. The highest BCUT2D eigenvalue weighted by Crippen LogP contribution is 2.24. The highest BCUT2D eigenvalue weighted by atomic mass is 16.4. The molecule has 1 heterocycles. The molecule has 2 unspecified atom stereocenters. The zero-order valence-electron chi connectivity index (χ0n) is 8.77. The van der Waals surface area contributed by atoms with Crippen LogP contribution in [0.3, 0.4) is 0 Å². The van der Waals surface area contributed by atoms with Crippen LogP contribution in [0.4, 0.5) is 0 Å². The lowest BCUT2D eigenvalue weighted by atomic mass is 10.0. The SMILES string of the molecule is C#CCCC(=O)N1CCC(C)C1C(=O)O. The molecule has 15 heavy (non-hydrogen) atoms. The number of rotatable bonds is 3. The molecule has 1 rings (SSSR count). The fourth-order valence-electron chi connectivity index (χ4n) is 1.93. The van der Waals surface area contributed by atoms with Gasteiger partial charge in [0.2, 0.25) is 5.91 Å². The number of nitrogens with zero attached hydrogens (tertiary/aromatic N) is 1. The Hall–Kier alpha value is -1.50. The van der Waals surface area contributed by atoms with Gasteiger partial charge in [0.15, 0.2) is 0 Å². The summed E-state index contributed by atoms with van der Waals surface area (Å²) in [6.45, 7) is 2.38. The molecule has 0 aromatic rings. The van der Waals surface area contributed by atoms with Crippen LogP contribution >= 0.6 is 0 Å². The van der Waals surface area contributed by atoms with Crippen LogP contribution in [0.2, 0.25) is 0 Å². The third-order valence-corrected chi connectivity index (χ3v) is 2.76. The molecule has 0 bridgehead atoms. The van der Waals surface area contributed by atoms with Crippen molar-refractivity contribution in [2.24, 2.45) is 5.92 Å². The van der Waals surface area contributed by atoms with Crippen molar-refractivity contribution in [1.82, 2.24) is 4.90 Å². The third kappa shape index (κ3) is 2.50. The second-order valence-corrected chi connectivity index (χ2v) is 3.84. The molecule has 1 aliphatic rings. The van der Waals surface area contributed by atoms with Crippen molar-refractivity contribution < 1.29 is 14.7 Å². The molecule has 1 fully saturated rings. The Balaban J connectivity index is 2.65. The standard InChI is InChI=1S/C11H15NO3/c1-3-4-5-9(13)12-7-6-8(2)10(12)11(14)15/h1,8,10H,4-7H2,2H3,(H,14,15). The van der Waals surface area contributed by atoms with Gasteiger partial charge in [-0.05, 0) is 12.3 Å². The lowest BCUT2D eigenvalue weighted by molar-refractivity contribution is -0.149. The van der Waals surface area contributed by atoms with E-state index in [4.69, 9.17) is 11.5 Å². The number of hydrogen-bond acceptors (Lipinski definition) is 2. The minimum atomic E-state index is -0.922. The number of carboxylic acids is 1. The van der Waals surface area contributed by atoms with Gasteiger partial charge in [0, 0.05) is 19.4 Å². The first kappa shape index (κ1) is 11.6. The summed E-state index contributed by atoms with van der Waals surface area (Å²) in [6, 6.07) is -0.671. The van der Waals surface area contributed by atoms with E-state index < -0.39 is 12.0 Å². The maximum atomic E-state index is 11.6. The van der Waals surface area contributed by atoms with Gasteiger partial charge in [-0.2, -0.15) is 0 Å². The molecule has 0 saturated carbocycles. The highest BCUT2D eigenvalue weighted by Gasteiger charge is 2.38. The highest BCUT2D eigenvalue weighted by molar-refractivity contribution is 5.84. The average Bonchev–Trinajstić information content (AvgIpc) is 2.56. The molecule has 0 spiro atoms. The normalized spacial score (nSPS) is 24.9. The van der Waals surface area contributed by atoms with Gasteiger partial charge in [0.1, 0.15) is 6.04 Å². The molecular formula is C11H15NO3. The summed E-state index contributed by atoms with van der Waals surface area (Å²) in [5.74, 6) is 1.34. The molecule has 1 saturated heterocycles. The van der Waals surface area contributed by atoms with Crippen molar-refractivity contribution in [2.45, 2.75) is 32.2 Å². The van der Waals surface area contributed by atoms with Gasteiger partial charge < -0.3 is 10.0 Å². The van der Waals surface area contributed by atoms with Gasteiger partial charge in [-0.1, -0.05) is 6.92 Å². The summed E-state index contributed by atoms with van der Waals surface area (Å²) < 4.78 is 0. The molecule has 0 aliphatic carbocycles. The average molecular weight is 209 g/mol. The van der Waals surface area contributed by atoms with Crippen LogP contribution in [0, 0.1) is 18.3 Å². The first-order chi connectivity index (χ1) is 7.07. The maximum absolute atomic E-state index is 11.6. The van der Waals surface area contributed by atoms with E-state index in [1.807, 2.05) is 6.92 Å². The van der Waals surface area contributed by atoms with Crippen molar-refractivity contribution in [2.75, 3.05) is 6.54 Å². The van der Waals surface area contributed by atoms with E-state index in [0.717, 1.165) is 6.42 Å². The van der Waals surface area contributed by atoms with Crippen LogP contribution in [-0.4, -0.2) is 34.5 Å². The largest absolute Gasteiger partial charge is 0.480 e. The van der Waals surface area contributed by atoms with Crippen LogP contribution in [0.1, 0.15) is 26.2 Å². The number of likely N-dealkylation sites (tertiary alicyclic amines) is 1. The number of carbonyl (C=O) groups is 2. The zero-order chi connectivity index (χ0) is 11.4. The maximum Gasteiger partial charge on any atom is 0.326 e. The Bertz CT molecular complexity index is 305. The minimum Gasteiger partial charge on any atom is -0.480 e. The lowest BCUT2D eigenvalue weighted by Gasteiger charge is -2.22. The molecule has 0 aromatic carbocycles. The number of aliphatic carboxylic acids is 1. The Kier molecular flexibility index (Phi) is 3.73. The van der Waals surface area contributed by atoms with Crippen molar-refractivity contribution in [1.29, 1.82) is 0 Å². The summed E-state index contributed by atoms with van der Waals surface area (Å²) in [5.41, 5.74) is 0. The van der Waals surface area contributed by atoms with E-state index in [9.17, 15) is 9.59 Å². The summed E-state index contributed by atoms with van der Waals surface area (Å²) >= 11 is 0. The molecule has 82 valence electrons. The zero-order valence-corrected chi connectivity index (χ0v) is 8.77. The van der Waals surface area contributed by atoms with E-state index >= 15 is 0 Å². The van der Waals surface area contributed by atoms with Crippen LogP contribution < -0.4 is 0 Å². The molecule has 4 nitrogen and oxygen atoms in total. The van der Waals surface area contributed by atoms with Gasteiger partial charge in [-0.25, -0.2) is 4.79 Å². The number of terminal acetylenes is 1. The van der Waals surface area contributed by atoms with E-state index in [2.05, 4.69) is 5.92 Å². The summed E-state index contributed by atoms with van der Waals surface area (Å²) in [7, 11) is 0. The van der Waals surface area contributed by atoms with E-state index in [1.54, 1.807) is 0 Å². The van der Waals surface area contributed by atoms with E-state index in [1.165, 1.54) is 4.90 Å². The quantitative estimate of drug-likeness (QED) is 0.697. The molecule has 0 aromatic heterocycles. The van der Waals surface area contributed by atoms with Gasteiger partial charge in [-0.15, -0.1) is 12.3 Å². The van der Waals surface area contributed by atoms with E-state index in [-0.39, 0.29) is 18.2 Å². The van der Waals surface area contributed by atoms with Gasteiger partial charge >= 0.3 is 5.97 Å². The van der Waals surface area contributed by atoms with Crippen molar-refractivity contribution >= 4 is 11.9 Å². The van der Waals surface area contributed by atoms with Crippen LogP contribution in [0.25, 0.3) is 0 Å². The number of amides is 1. The number of hydrogen-bond donors (Lipinski definition) is 1. The predicted molar refractivity (Wildman–Crippen MR) is 55.0 cm³/mol. The summed E-state index contributed by atoms with van der Waals surface area (Å²) in [6.07, 6.45) is 6.42. The minimum absolute atomic E-state index is 0.0253. The molecule has 1 aliphatic heterocycles. The lowest BCUT2D eigenvalue weighted by Crippen LogP contribution is -2.42. The van der Waals surface area contributed by atoms with Crippen LogP contribution in [0.5, 0.6) is 0 Å². The monoisotopic (exact) mass is 209 g/mol.